The van der Waals surface area contributed by atoms with Crippen LogP contribution in [0.4, 0.5) is 5.69 Å². The van der Waals surface area contributed by atoms with Gasteiger partial charge in [0.15, 0.2) is 0 Å². The Balaban J connectivity index is 1.51. The van der Waals surface area contributed by atoms with Gasteiger partial charge in [0.05, 0.1) is 27.8 Å². The van der Waals surface area contributed by atoms with Gasteiger partial charge in [-0.1, -0.05) is 35.9 Å². The molecular weight excluding hydrogens is 436 g/mol. The van der Waals surface area contributed by atoms with Crippen molar-refractivity contribution in [3.8, 4) is 0 Å². The fourth-order valence-electron chi connectivity index (χ4n) is 3.11. The highest BCUT2D eigenvalue weighted by atomic mass is 35.5. The monoisotopic (exact) mass is 454 g/mol. The number of rotatable bonds is 6. The number of hydrogen-bond donors (Lipinski definition) is 1. The van der Waals surface area contributed by atoms with Gasteiger partial charge in [0, 0.05) is 25.0 Å². The molecule has 2 aromatic carbocycles. The number of pyridine rings is 1. The summed E-state index contributed by atoms with van der Waals surface area (Å²) in [5.41, 5.74) is 2.15. The Bertz CT molecular complexity index is 1350. The van der Waals surface area contributed by atoms with Gasteiger partial charge in [-0.05, 0) is 42.5 Å². The fourth-order valence-corrected chi connectivity index (χ4v) is 4.52. The van der Waals surface area contributed by atoms with E-state index in [1.54, 1.807) is 65.3 Å². The van der Waals surface area contributed by atoms with E-state index in [2.05, 4.69) is 10.3 Å². The second kappa shape index (κ2) is 8.41. The summed E-state index contributed by atoms with van der Waals surface area (Å²) in [6, 6.07) is 18.2. The predicted molar refractivity (Wildman–Crippen MR) is 120 cm³/mol. The van der Waals surface area contributed by atoms with Crippen molar-refractivity contribution >= 4 is 38.9 Å². The maximum absolute atomic E-state index is 13.0. The normalized spacial score (nSPS) is 11.4. The molecule has 9 heteroatoms. The van der Waals surface area contributed by atoms with Gasteiger partial charge < -0.3 is 9.72 Å². The highest BCUT2D eigenvalue weighted by Gasteiger charge is 2.22. The largest absolute Gasteiger partial charge is 0.346 e. The Morgan fingerprint density at radius 3 is 2.61 bits per heavy atom. The number of para-hydroxylation sites is 1. The number of halogens is 1. The quantitative estimate of drug-likeness (QED) is 0.481. The summed E-state index contributed by atoms with van der Waals surface area (Å²) in [6.45, 7) is 0.193. The first-order valence-electron chi connectivity index (χ1n) is 9.40. The van der Waals surface area contributed by atoms with Gasteiger partial charge in [0.2, 0.25) is 0 Å². The third-order valence-electron chi connectivity index (χ3n) is 4.77. The van der Waals surface area contributed by atoms with Crippen molar-refractivity contribution in [3.63, 3.8) is 0 Å². The lowest BCUT2D eigenvalue weighted by molar-refractivity contribution is 0.0950. The number of sulfonamides is 1. The zero-order valence-electron chi connectivity index (χ0n) is 16.6. The summed E-state index contributed by atoms with van der Waals surface area (Å²) < 4.78 is 28.9. The van der Waals surface area contributed by atoms with Gasteiger partial charge in [0.25, 0.3) is 15.9 Å². The number of benzene rings is 2. The van der Waals surface area contributed by atoms with E-state index in [4.69, 9.17) is 11.6 Å². The summed E-state index contributed by atoms with van der Waals surface area (Å²) in [6.07, 6.45) is 3.50. The van der Waals surface area contributed by atoms with Crippen LogP contribution in [0.25, 0.3) is 5.65 Å². The summed E-state index contributed by atoms with van der Waals surface area (Å²) in [5.74, 6) is -0.394. The molecule has 0 bridgehead atoms. The van der Waals surface area contributed by atoms with E-state index in [9.17, 15) is 13.2 Å². The van der Waals surface area contributed by atoms with Crippen molar-refractivity contribution in [2.75, 3.05) is 11.4 Å². The van der Waals surface area contributed by atoms with Crippen molar-refractivity contribution in [1.29, 1.82) is 0 Å². The molecule has 1 amide bonds. The summed E-state index contributed by atoms with van der Waals surface area (Å²) in [4.78, 5) is 17.1. The number of carbonyl (C=O) groups excluding carboxylic acids is 1. The van der Waals surface area contributed by atoms with Crippen molar-refractivity contribution in [2.24, 2.45) is 0 Å². The third-order valence-corrected chi connectivity index (χ3v) is 6.77. The van der Waals surface area contributed by atoms with Crippen molar-refractivity contribution in [2.45, 2.75) is 11.4 Å². The number of nitrogens with zero attached hydrogens (tertiary/aromatic N) is 3. The first kappa shape index (κ1) is 20.9. The average molecular weight is 455 g/mol. The highest BCUT2D eigenvalue weighted by molar-refractivity contribution is 7.92. The molecule has 2 aromatic heterocycles. The second-order valence-corrected chi connectivity index (χ2v) is 9.27. The van der Waals surface area contributed by atoms with Crippen LogP contribution in [-0.2, 0) is 16.6 Å². The zero-order valence-corrected chi connectivity index (χ0v) is 18.1. The minimum atomic E-state index is -3.81. The Labute approximate surface area is 185 Å². The molecule has 0 spiro atoms. The van der Waals surface area contributed by atoms with Gasteiger partial charge in [0.1, 0.15) is 5.65 Å². The molecule has 0 aliphatic heterocycles. The SMILES string of the molecule is CN(c1ccccc1)S(=O)(=O)c1cccc(C(=O)NCc2cn3cc(Cl)ccc3n2)c1. The molecule has 0 saturated heterocycles. The fraction of sp³-hybridized carbons (Fsp3) is 0.0909. The first-order chi connectivity index (χ1) is 14.8. The van der Waals surface area contributed by atoms with E-state index >= 15 is 0 Å². The van der Waals surface area contributed by atoms with Crippen molar-refractivity contribution < 1.29 is 13.2 Å². The Hall–Kier alpha value is -3.36. The molecule has 0 unspecified atom stereocenters. The van der Waals surface area contributed by atoms with Crippen molar-refractivity contribution in [3.05, 3.63) is 95.4 Å². The molecule has 0 fully saturated rings. The number of anilines is 1. The van der Waals surface area contributed by atoms with E-state index in [-0.39, 0.29) is 17.0 Å². The lowest BCUT2D eigenvalue weighted by Crippen LogP contribution is -2.27. The number of amides is 1. The van der Waals surface area contributed by atoms with Crippen LogP contribution < -0.4 is 9.62 Å². The molecule has 0 aliphatic carbocycles. The number of aromatic nitrogens is 2. The van der Waals surface area contributed by atoms with E-state index < -0.39 is 15.9 Å². The molecule has 2 heterocycles. The number of imidazole rings is 1. The van der Waals surface area contributed by atoms with Crippen LogP contribution in [0.1, 0.15) is 16.1 Å². The average Bonchev–Trinajstić information content (AvgIpc) is 3.19. The summed E-state index contributed by atoms with van der Waals surface area (Å²) >= 11 is 5.98. The first-order valence-corrected chi connectivity index (χ1v) is 11.2. The van der Waals surface area contributed by atoms with Crippen LogP contribution in [0.5, 0.6) is 0 Å². The number of nitrogens with one attached hydrogen (secondary N) is 1. The molecule has 0 aliphatic rings. The minimum Gasteiger partial charge on any atom is -0.346 e. The Morgan fingerprint density at radius 1 is 1.06 bits per heavy atom. The van der Waals surface area contributed by atoms with E-state index in [1.807, 2.05) is 6.07 Å². The standard InChI is InChI=1S/C22H19ClN4O3S/c1-26(19-7-3-2-4-8-19)31(29,30)20-9-5-6-16(12-20)22(28)24-13-18-15-27-14-17(23)10-11-21(27)25-18/h2-12,14-15H,13H2,1H3,(H,24,28). The molecule has 1 N–H and O–H groups in total. The zero-order chi connectivity index (χ0) is 22.0. The molecule has 0 radical (unpaired) electrons. The van der Waals surface area contributed by atoms with E-state index in [1.165, 1.54) is 23.5 Å². The van der Waals surface area contributed by atoms with Gasteiger partial charge >= 0.3 is 0 Å². The molecule has 0 saturated carbocycles. The molecular formula is C22H19ClN4O3S. The molecule has 7 nitrogen and oxygen atoms in total. The number of hydrogen-bond acceptors (Lipinski definition) is 4. The lowest BCUT2D eigenvalue weighted by atomic mass is 10.2. The molecule has 0 atom stereocenters. The summed E-state index contributed by atoms with van der Waals surface area (Å²) in [7, 11) is -2.33. The maximum Gasteiger partial charge on any atom is 0.264 e. The van der Waals surface area contributed by atoms with E-state index in [0.29, 0.717) is 22.1 Å². The Kier molecular flexibility index (Phi) is 5.67. The Morgan fingerprint density at radius 2 is 1.84 bits per heavy atom. The number of fused-ring (bicyclic) bond motifs is 1. The van der Waals surface area contributed by atoms with E-state index in [0.717, 1.165) is 0 Å². The van der Waals surface area contributed by atoms with Crippen LogP contribution in [0, 0.1) is 0 Å². The van der Waals surface area contributed by atoms with Crippen molar-refractivity contribution in [1.82, 2.24) is 14.7 Å². The topological polar surface area (TPSA) is 83.8 Å². The van der Waals surface area contributed by atoms with Crippen LogP contribution in [0.15, 0.2) is 84.0 Å². The highest BCUT2D eigenvalue weighted by Crippen LogP contribution is 2.22. The van der Waals surface area contributed by atoms with Gasteiger partial charge in [-0.3, -0.25) is 9.10 Å². The lowest BCUT2D eigenvalue weighted by Gasteiger charge is -2.19. The number of carbonyl (C=O) groups is 1. The molecule has 158 valence electrons. The van der Waals surface area contributed by atoms with Crippen LogP contribution >= 0.6 is 11.6 Å². The minimum absolute atomic E-state index is 0.0360. The second-order valence-electron chi connectivity index (χ2n) is 6.86. The smallest absolute Gasteiger partial charge is 0.264 e. The molecule has 4 rings (SSSR count). The predicted octanol–water partition coefficient (Wildman–Crippen LogP) is 3.74. The maximum atomic E-state index is 13.0. The molecule has 4 aromatic rings. The molecule has 31 heavy (non-hydrogen) atoms. The van der Waals surface area contributed by atoms with Gasteiger partial charge in [-0.2, -0.15) is 0 Å². The summed E-state index contributed by atoms with van der Waals surface area (Å²) in [5, 5.41) is 3.36. The van der Waals surface area contributed by atoms with Gasteiger partial charge in [-0.15, -0.1) is 0 Å². The van der Waals surface area contributed by atoms with Crippen LogP contribution in [0.2, 0.25) is 5.02 Å². The van der Waals surface area contributed by atoms with Crippen LogP contribution in [-0.4, -0.2) is 30.8 Å². The third kappa shape index (κ3) is 4.40. The van der Waals surface area contributed by atoms with Gasteiger partial charge in [-0.25, -0.2) is 13.4 Å². The van der Waals surface area contributed by atoms with Crippen LogP contribution in [0.3, 0.4) is 0 Å².